The molecule has 1 aromatic rings. The van der Waals surface area contributed by atoms with Gasteiger partial charge in [-0.15, -0.1) is 0 Å². The van der Waals surface area contributed by atoms with Crippen LogP contribution in [0.3, 0.4) is 0 Å². The van der Waals surface area contributed by atoms with Crippen LogP contribution >= 0.6 is 11.6 Å². The maximum Gasteiger partial charge on any atom is 0.319 e. The summed E-state index contributed by atoms with van der Waals surface area (Å²) in [6.07, 6.45) is -0.00842. The van der Waals surface area contributed by atoms with Crippen LogP contribution in [0.4, 0.5) is 16.2 Å². The van der Waals surface area contributed by atoms with E-state index < -0.39 is 0 Å². The number of morpholine rings is 1. The fourth-order valence-corrected chi connectivity index (χ4v) is 3.46. The van der Waals surface area contributed by atoms with Crippen molar-refractivity contribution in [3.05, 3.63) is 23.2 Å². The van der Waals surface area contributed by atoms with Crippen LogP contribution in [0.1, 0.15) is 0 Å². The molecule has 2 N–H and O–H groups in total. The van der Waals surface area contributed by atoms with Crippen LogP contribution in [-0.2, 0) is 9.47 Å². The fraction of sp³-hybridized carbons (Fsp3) is 0.588. The quantitative estimate of drug-likeness (QED) is 0.845. The second-order valence-corrected chi connectivity index (χ2v) is 6.87. The number of ether oxygens (including phenoxy) is 2. The van der Waals surface area contributed by atoms with Crippen LogP contribution < -0.4 is 15.5 Å². The molecule has 3 rings (SSSR count). The van der Waals surface area contributed by atoms with E-state index in [4.69, 9.17) is 21.1 Å². The van der Waals surface area contributed by atoms with Crippen molar-refractivity contribution < 1.29 is 14.3 Å². The molecule has 0 aliphatic carbocycles. The number of urea groups is 1. The van der Waals surface area contributed by atoms with Gasteiger partial charge in [0.1, 0.15) is 0 Å². The van der Waals surface area contributed by atoms with Gasteiger partial charge in [-0.3, -0.25) is 0 Å². The molecule has 0 radical (unpaired) electrons. The second-order valence-electron chi connectivity index (χ2n) is 6.46. The number of amides is 2. The minimum Gasteiger partial charge on any atom is -0.378 e. The van der Waals surface area contributed by atoms with Gasteiger partial charge in [0, 0.05) is 39.0 Å². The lowest BCUT2D eigenvalue weighted by Gasteiger charge is -2.29. The second kappa shape index (κ2) is 8.23. The molecule has 2 heterocycles. The highest BCUT2D eigenvalue weighted by molar-refractivity contribution is 6.33. The number of hydrogen-bond acceptors (Lipinski definition) is 5. The lowest BCUT2D eigenvalue weighted by molar-refractivity contribution is 0.0940. The van der Waals surface area contributed by atoms with Gasteiger partial charge in [0.15, 0.2) is 0 Å². The maximum absolute atomic E-state index is 12.4. The summed E-state index contributed by atoms with van der Waals surface area (Å²) in [5.74, 6) is 0. The van der Waals surface area contributed by atoms with E-state index in [9.17, 15) is 4.79 Å². The first kappa shape index (κ1) is 18.3. The zero-order valence-electron chi connectivity index (χ0n) is 14.6. The smallest absolute Gasteiger partial charge is 0.319 e. The van der Waals surface area contributed by atoms with Crippen molar-refractivity contribution in [2.24, 2.45) is 0 Å². The van der Waals surface area contributed by atoms with Crippen LogP contribution in [-0.4, -0.2) is 76.6 Å². The minimum atomic E-state index is -0.275. The molecule has 2 atom stereocenters. The van der Waals surface area contributed by atoms with E-state index in [2.05, 4.69) is 20.4 Å². The Morgan fingerprint density at radius 2 is 2.08 bits per heavy atom. The molecule has 2 aliphatic heterocycles. The third-order valence-corrected chi connectivity index (χ3v) is 4.97. The number of hydrogen-bond donors (Lipinski definition) is 2. The summed E-state index contributed by atoms with van der Waals surface area (Å²) in [6, 6.07) is 5.36. The number of nitrogens with one attached hydrogen (secondary N) is 2. The maximum atomic E-state index is 12.4. The SMILES string of the molecule is CO[C@H]1CN(C)C[C@@H]1NC(=O)Nc1cc(N2CCOCC2)ccc1Cl. The number of anilines is 2. The minimum absolute atomic E-state index is 0.00842. The first-order chi connectivity index (χ1) is 12.1. The number of carbonyl (C=O) groups excluding carboxylic acids is 1. The fourth-order valence-electron chi connectivity index (χ4n) is 3.29. The third-order valence-electron chi connectivity index (χ3n) is 4.64. The molecule has 2 aliphatic rings. The summed E-state index contributed by atoms with van der Waals surface area (Å²) < 4.78 is 10.8. The van der Waals surface area contributed by atoms with Gasteiger partial charge >= 0.3 is 6.03 Å². The molecule has 0 saturated carbocycles. The van der Waals surface area contributed by atoms with Crippen molar-refractivity contribution in [2.45, 2.75) is 12.1 Å². The zero-order valence-corrected chi connectivity index (χ0v) is 15.4. The van der Waals surface area contributed by atoms with E-state index in [0.29, 0.717) is 23.9 Å². The molecule has 25 heavy (non-hydrogen) atoms. The molecular formula is C17H25ClN4O3. The van der Waals surface area contributed by atoms with Crippen molar-refractivity contribution in [3.8, 4) is 0 Å². The molecule has 2 amide bonds. The standard InChI is InChI=1S/C17H25ClN4O3/c1-21-10-15(16(11-21)24-2)20-17(23)19-14-9-12(3-4-13(14)18)22-5-7-25-8-6-22/h3-4,9,15-16H,5-8,10-11H2,1-2H3,(H2,19,20,23)/t15-,16-/m0/s1. The number of methoxy groups -OCH3 is 1. The Hall–Kier alpha value is -1.54. The molecule has 0 aromatic heterocycles. The molecule has 138 valence electrons. The van der Waals surface area contributed by atoms with Crippen LogP contribution in [0.15, 0.2) is 18.2 Å². The highest BCUT2D eigenvalue weighted by Crippen LogP contribution is 2.28. The predicted octanol–water partition coefficient (Wildman–Crippen LogP) is 1.63. The Balaban J connectivity index is 1.64. The van der Waals surface area contributed by atoms with Gasteiger partial charge in [0.2, 0.25) is 0 Å². The molecule has 8 heteroatoms. The molecule has 0 unspecified atom stereocenters. The number of rotatable bonds is 4. The Kier molecular flexibility index (Phi) is 6.01. The summed E-state index contributed by atoms with van der Waals surface area (Å²) >= 11 is 6.26. The molecule has 1 aromatic carbocycles. The summed E-state index contributed by atoms with van der Waals surface area (Å²) in [4.78, 5) is 16.7. The summed E-state index contributed by atoms with van der Waals surface area (Å²) in [7, 11) is 3.67. The van der Waals surface area contributed by atoms with E-state index in [-0.39, 0.29) is 18.2 Å². The van der Waals surface area contributed by atoms with Gasteiger partial charge in [0.25, 0.3) is 0 Å². The van der Waals surface area contributed by atoms with Gasteiger partial charge in [-0.25, -0.2) is 4.79 Å². The molecule has 2 fully saturated rings. The first-order valence-corrected chi connectivity index (χ1v) is 8.85. The predicted molar refractivity (Wildman–Crippen MR) is 98.7 cm³/mol. The topological polar surface area (TPSA) is 66.1 Å². The van der Waals surface area contributed by atoms with Gasteiger partial charge in [-0.05, 0) is 25.2 Å². The highest BCUT2D eigenvalue weighted by Gasteiger charge is 2.32. The summed E-state index contributed by atoms with van der Waals surface area (Å²) in [5, 5.41) is 6.35. The van der Waals surface area contributed by atoms with E-state index in [1.807, 2.05) is 25.2 Å². The number of halogens is 1. The van der Waals surface area contributed by atoms with E-state index in [1.165, 1.54) is 0 Å². The summed E-state index contributed by atoms with van der Waals surface area (Å²) in [6.45, 7) is 4.63. The van der Waals surface area contributed by atoms with Gasteiger partial charge in [0.05, 0.1) is 36.1 Å². The van der Waals surface area contributed by atoms with Crippen molar-refractivity contribution >= 4 is 29.0 Å². The van der Waals surface area contributed by atoms with Crippen molar-refractivity contribution in [3.63, 3.8) is 0 Å². The monoisotopic (exact) mass is 368 g/mol. The van der Waals surface area contributed by atoms with Crippen molar-refractivity contribution in [1.82, 2.24) is 10.2 Å². The van der Waals surface area contributed by atoms with Crippen LogP contribution in [0.5, 0.6) is 0 Å². The number of likely N-dealkylation sites (N-methyl/N-ethyl adjacent to an activating group) is 1. The zero-order chi connectivity index (χ0) is 17.8. The van der Waals surface area contributed by atoms with Crippen LogP contribution in [0, 0.1) is 0 Å². The van der Waals surface area contributed by atoms with Crippen LogP contribution in [0.2, 0.25) is 5.02 Å². The van der Waals surface area contributed by atoms with Crippen LogP contribution in [0.25, 0.3) is 0 Å². The summed E-state index contributed by atoms with van der Waals surface area (Å²) in [5.41, 5.74) is 1.63. The lowest BCUT2D eigenvalue weighted by atomic mass is 10.2. The average molecular weight is 369 g/mol. The Bertz CT molecular complexity index is 610. The van der Waals surface area contributed by atoms with E-state index in [1.54, 1.807) is 7.11 Å². The molecule has 0 bridgehead atoms. The van der Waals surface area contributed by atoms with Gasteiger partial charge in [-0.2, -0.15) is 0 Å². The first-order valence-electron chi connectivity index (χ1n) is 8.48. The molecule has 0 spiro atoms. The van der Waals surface area contributed by atoms with E-state index >= 15 is 0 Å². The Labute approximate surface area is 153 Å². The number of likely N-dealkylation sites (tertiary alicyclic amines) is 1. The van der Waals surface area contributed by atoms with E-state index in [0.717, 1.165) is 31.9 Å². The number of benzene rings is 1. The normalized spacial score (nSPS) is 24.4. The van der Waals surface area contributed by atoms with Gasteiger partial charge in [-0.1, -0.05) is 11.6 Å². The number of carbonyl (C=O) groups is 1. The molecular weight excluding hydrogens is 344 g/mol. The van der Waals surface area contributed by atoms with Crippen molar-refractivity contribution in [2.75, 3.05) is 63.8 Å². The number of nitrogens with zero attached hydrogens (tertiary/aromatic N) is 2. The highest BCUT2D eigenvalue weighted by atomic mass is 35.5. The molecule has 2 saturated heterocycles. The largest absolute Gasteiger partial charge is 0.378 e. The van der Waals surface area contributed by atoms with Crippen molar-refractivity contribution in [1.29, 1.82) is 0 Å². The lowest BCUT2D eigenvalue weighted by Crippen LogP contribution is -2.45. The van der Waals surface area contributed by atoms with Gasteiger partial charge < -0.3 is 29.9 Å². The Morgan fingerprint density at radius 1 is 1.32 bits per heavy atom. The molecule has 7 nitrogen and oxygen atoms in total. The average Bonchev–Trinajstić information content (AvgIpc) is 2.97. The third kappa shape index (κ3) is 4.55. The Morgan fingerprint density at radius 3 is 2.80 bits per heavy atom.